The maximum absolute atomic E-state index is 12.4. The van der Waals surface area contributed by atoms with E-state index in [1.54, 1.807) is 0 Å². The molecule has 2 atom stereocenters. The van der Waals surface area contributed by atoms with Crippen molar-refractivity contribution in [1.29, 1.82) is 0 Å². The van der Waals surface area contributed by atoms with Crippen molar-refractivity contribution in [2.24, 2.45) is 0 Å². The molecular weight excluding hydrogens is 285 g/mol. The molecule has 7 heteroatoms. The lowest BCUT2D eigenvalue weighted by Gasteiger charge is -2.22. The lowest BCUT2D eigenvalue weighted by atomic mass is 10.1. The first-order chi connectivity index (χ1) is 9.87. The largest absolute Gasteiger partial charge is 0.406 e. The predicted octanol–water partition coefficient (Wildman–Crippen LogP) is 2.47. The Balaban J connectivity index is 2.04. The number of nitrogens with zero attached hydrogens (tertiary/aromatic N) is 1. The number of rotatable bonds is 3. The number of carbonyl (C=O) groups excluding carboxylic acids is 1. The number of hydrogen-bond donors (Lipinski definition) is 2. The van der Waals surface area contributed by atoms with Crippen molar-refractivity contribution in [3.05, 3.63) is 24.0 Å². The third kappa shape index (κ3) is 4.49. The van der Waals surface area contributed by atoms with Crippen LogP contribution in [-0.2, 0) is 6.54 Å². The molecule has 1 aliphatic rings. The van der Waals surface area contributed by atoms with Crippen LogP contribution in [0.15, 0.2) is 18.3 Å². The van der Waals surface area contributed by atoms with Gasteiger partial charge in [-0.3, -0.25) is 4.79 Å². The van der Waals surface area contributed by atoms with Crippen LogP contribution in [0.4, 0.5) is 13.2 Å². The van der Waals surface area contributed by atoms with E-state index in [1.165, 1.54) is 18.3 Å². The zero-order valence-corrected chi connectivity index (χ0v) is 11.6. The average Bonchev–Trinajstić information content (AvgIpc) is 2.73. The molecule has 1 fully saturated rings. The van der Waals surface area contributed by atoms with E-state index < -0.39 is 30.8 Å². The van der Waals surface area contributed by atoms with Gasteiger partial charge in [0.25, 0.3) is 5.91 Å². The zero-order valence-electron chi connectivity index (χ0n) is 11.6. The van der Waals surface area contributed by atoms with Crippen LogP contribution in [-0.4, -0.2) is 33.9 Å². The molecule has 1 amide bonds. The third-order valence-corrected chi connectivity index (χ3v) is 3.71. The van der Waals surface area contributed by atoms with Gasteiger partial charge in [-0.1, -0.05) is 19.3 Å². The molecule has 21 heavy (non-hydrogen) atoms. The van der Waals surface area contributed by atoms with Gasteiger partial charge in [-0.05, 0) is 25.0 Å². The molecule has 1 heterocycles. The lowest BCUT2D eigenvalue weighted by Crippen LogP contribution is -2.43. The van der Waals surface area contributed by atoms with Gasteiger partial charge in [0.1, 0.15) is 12.2 Å². The van der Waals surface area contributed by atoms with Gasteiger partial charge in [0.05, 0.1) is 12.1 Å². The predicted molar refractivity (Wildman–Crippen MR) is 70.8 cm³/mol. The van der Waals surface area contributed by atoms with Crippen molar-refractivity contribution in [2.45, 2.75) is 57.0 Å². The Hall–Kier alpha value is -1.50. The SMILES string of the molecule is O=C(NC1CCCCCC1O)c1cccn1CC(F)(F)F. The fourth-order valence-electron chi connectivity index (χ4n) is 2.65. The van der Waals surface area contributed by atoms with Crippen LogP contribution in [0.5, 0.6) is 0 Å². The number of alkyl halides is 3. The van der Waals surface area contributed by atoms with Gasteiger partial charge in [-0.15, -0.1) is 0 Å². The zero-order chi connectivity index (χ0) is 15.5. The van der Waals surface area contributed by atoms with Crippen molar-refractivity contribution in [1.82, 2.24) is 9.88 Å². The van der Waals surface area contributed by atoms with E-state index in [2.05, 4.69) is 5.32 Å². The summed E-state index contributed by atoms with van der Waals surface area (Å²) >= 11 is 0. The summed E-state index contributed by atoms with van der Waals surface area (Å²) in [6.45, 7) is -1.20. The Morgan fingerprint density at radius 3 is 2.76 bits per heavy atom. The Morgan fingerprint density at radius 2 is 2.05 bits per heavy atom. The number of nitrogens with one attached hydrogen (secondary N) is 1. The van der Waals surface area contributed by atoms with Gasteiger partial charge in [0, 0.05) is 6.20 Å². The van der Waals surface area contributed by atoms with Gasteiger partial charge in [0.15, 0.2) is 0 Å². The molecule has 1 aromatic heterocycles. The molecule has 1 aromatic rings. The van der Waals surface area contributed by atoms with Crippen molar-refractivity contribution < 1.29 is 23.1 Å². The molecule has 0 radical (unpaired) electrons. The summed E-state index contributed by atoms with van der Waals surface area (Å²) < 4.78 is 38.2. The summed E-state index contributed by atoms with van der Waals surface area (Å²) in [6, 6.07) is 2.36. The highest BCUT2D eigenvalue weighted by Crippen LogP contribution is 2.21. The van der Waals surface area contributed by atoms with Crippen LogP contribution < -0.4 is 5.32 Å². The van der Waals surface area contributed by atoms with E-state index in [4.69, 9.17) is 0 Å². The fraction of sp³-hybridized carbons (Fsp3) is 0.643. The second kappa shape index (κ2) is 6.51. The van der Waals surface area contributed by atoms with E-state index in [0.717, 1.165) is 23.8 Å². The van der Waals surface area contributed by atoms with E-state index >= 15 is 0 Å². The van der Waals surface area contributed by atoms with Crippen LogP contribution in [0.2, 0.25) is 0 Å². The minimum absolute atomic E-state index is 0.0382. The second-order valence-corrected chi connectivity index (χ2v) is 5.42. The van der Waals surface area contributed by atoms with Gasteiger partial charge in [0.2, 0.25) is 0 Å². The highest BCUT2D eigenvalue weighted by Gasteiger charge is 2.30. The standard InChI is InChI=1S/C14H19F3N2O2/c15-14(16,17)9-19-8-4-6-11(19)13(21)18-10-5-2-1-3-7-12(10)20/h4,6,8,10,12,20H,1-3,5,7,9H2,(H,18,21). The molecule has 1 aliphatic carbocycles. The number of aromatic nitrogens is 1. The molecule has 0 bridgehead atoms. The van der Waals surface area contributed by atoms with E-state index in [-0.39, 0.29) is 5.69 Å². The lowest BCUT2D eigenvalue weighted by molar-refractivity contribution is -0.140. The van der Waals surface area contributed by atoms with Gasteiger partial charge >= 0.3 is 6.18 Å². The molecule has 2 N–H and O–H groups in total. The fourth-order valence-corrected chi connectivity index (χ4v) is 2.65. The maximum atomic E-state index is 12.4. The summed E-state index contributed by atoms with van der Waals surface area (Å²) in [4.78, 5) is 12.1. The maximum Gasteiger partial charge on any atom is 0.406 e. The normalized spacial score (nSPS) is 23.6. The molecular formula is C14H19F3N2O2. The van der Waals surface area contributed by atoms with Gasteiger partial charge < -0.3 is 15.0 Å². The van der Waals surface area contributed by atoms with E-state index in [9.17, 15) is 23.1 Å². The molecule has 0 aromatic carbocycles. The third-order valence-electron chi connectivity index (χ3n) is 3.71. The van der Waals surface area contributed by atoms with Gasteiger partial charge in [-0.25, -0.2) is 0 Å². The summed E-state index contributed by atoms with van der Waals surface area (Å²) in [7, 11) is 0. The number of aliphatic hydroxyl groups excluding tert-OH is 1. The quantitative estimate of drug-likeness (QED) is 0.843. The monoisotopic (exact) mass is 304 g/mol. The van der Waals surface area contributed by atoms with Crippen molar-refractivity contribution >= 4 is 5.91 Å². The van der Waals surface area contributed by atoms with Crippen LogP contribution in [0, 0.1) is 0 Å². The molecule has 2 unspecified atom stereocenters. The smallest absolute Gasteiger partial charge is 0.391 e. The van der Waals surface area contributed by atoms with E-state index in [1.807, 2.05) is 0 Å². The first-order valence-electron chi connectivity index (χ1n) is 7.07. The highest BCUT2D eigenvalue weighted by atomic mass is 19.4. The summed E-state index contributed by atoms with van der Waals surface area (Å²) in [5.41, 5.74) is -0.0382. The summed E-state index contributed by atoms with van der Waals surface area (Å²) in [5.74, 6) is -0.574. The van der Waals surface area contributed by atoms with Crippen LogP contribution in [0.25, 0.3) is 0 Å². The minimum Gasteiger partial charge on any atom is -0.391 e. The first kappa shape index (κ1) is 15.9. The number of aliphatic hydroxyl groups is 1. The van der Waals surface area contributed by atoms with E-state index in [0.29, 0.717) is 12.8 Å². The molecule has 0 saturated heterocycles. The Morgan fingerprint density at radius 1 is 1.33 bits per heavy atom. The molecule has 0 aliphatic heterocycles. The summed E-state index contributed by atoms with van der Waals surface area (Å²) in [6.07, 6.45) is 0.253. The second-order valence-electron chi connectivity index (χ2n) is 5.42. The molecule has 4 nitrogen and oxygen atoms in total. The molecule has 118 valence electrons. The minimum atomic E-state index is -4.38. The van der Waals surface area contributed by atoms with Crippen molar-refractivity contribution in [2.75, 3.05) is 0 Å². The molecule has 0 spiro atoms. The Kier molecular flexibility index (Phi) is 4.92. The topological polar surface area (TPSA) is 54.3 Å². The van der Waals surface area contributed by atoms with Crippen molar-refractivity contribution in [3.8, 4) is 0 Å². The number of hydrogen-bond acceptors (Lipinski definition) is 2. The highest BCUT2D eigenvalue weighted by molar-refractivity contribution is 5.93. The average molecular weight is 304 g/mol. The van der Waals surface area contributed by atoms with Crippen LogP contribution in [0.1, 0.15) is 42.6 Å². The van der Waals surface area contributed by atoms with Crippen LogP contribution in [0.3, 0.4) is 0 Å². The molecule has 2 rings (SSSR count). The Labute approximate surface area is 120 Å². The summed E-state index contributed by atoms with van der Waals surface area (Å²) in [5, 5.41) is 12.6. The van der Waals surface area contributed by atoms with Crippen LogP contribution >= 0.6 is 0 Å². The number of halogens is 3. The number of amides is 1. The Bertz CT molecular complexity index is 485. The number of carbonyl (C=O) groups is 1. The first-order valence-corrected chi connectivity index (χ1v) is 7.07. The van der Waals surface area contributed by atoms with Crippen molar-refractivity contribution in [3.63, 3.8) is 0 Å². The molecule has 1 saturated carbocycles. The van der Waals surface area contributed by atoms with Gasteiger partial charge in [-0.2, -0.15) is 13.2 Å².